The molecule has 0 aliphatic heterocycles. The fraction of sp³-hybridized carbons (Fsp3) is 0.800. The van der Waals surface area contributed by atoms with Crippen molar-refractivity contribution < 1.29 is 4.79 Å². The Bertz CT molecular complexity index is 178. The number of carbonyl (C=O) groups is 1. The molecular weight excluding hydrogens is 164 g/mol. The minimum absolute atomic E-state index is 0.164. The van der Waals surface area contributed by atoms with Gasteiger partial charge in [0.05, 0.1) is 5.84 Å². The lowest BCUT2D eigenvalue weighted by molar-refractivity contribution is -0.118. The number of nitrogens with two attached hydrogens (primary N) is 1. The van der Waals surface area contributed by atoms with E-state index in [0.29, 0.717) is 18.6 Å². The van der Waals surface area contributed by atoms with Crippen LogP contribution in [-0.2, 0) is 4.79 Å². The minimum Gasteiger partial charge on any atom is -0.387 e. The van der Waals surface area contributed by atoms with Crippen LogP contribution in [-0.4, -0.2) is 11.6 Å². The normalized spacial score (nSPS) is 12.5. The Hall–Kier alpha value is -0.860. The summed E-state index contributed by atoms with van der Waals surface area (Å²) in [6.45, 7) is 3.84. The molecule has 0 saturated carbocycles. The fourth-order valence-electron chi connectivity index (χ4n) is 1.10. The first-order valence-corrected chi connectivity index (χ1v) is 4.93. The van der Waals surface area contributed by atoms with Gasteiger partial charge in [0.25, 0.3) is 0 Å². The van der Waals surface area contributed by atoms with Crippen LogP contribution in [0.25, 0.3) is 0 Å². The molecule has 0 aliphatic rings. The second-order valence-corrected chi connectivity index (χ2v) is 3.49. The number of nitrogens with one attached hydrogen (secondary N) is 1. The van der Waals surface area contributed by atoms with E-state index in [2.05, 4.69) is 0 Å². The second-order valence-electron chi connectivity index (χ2n) is 3.49. The van der Waals surface area contributed by atoms with Gasteiger partial charge in [-0.3, -0.25) is 10.2 Å². The Balaban J connectivity index is 3.35. The largest absolute Gasteiger partial charge is 0.387 e. The molecule has 0 aliphatic carbocycles. The van der Waals surface area contributed by atoms with Crippen LogP contribution in [0.4, 0.5) is 0 Å². The summed E-state index contributed by atoms with van der Waals surface area (Å²) in [5, 5.41) is 7.17. The van der Waals surface area contributed by atoms with Gasteiger partial charge in [-0.1, -0.05) is 20.3 Å². The van der Waals surface area contributed by atoms with Gasteiger partial charge >= 0.3 is 0 Å². The van der Waals surface area contributed by atoms with Crippen LogP contribution in [0.5, 0.6) is 0 Å². The molecule has 13 heavy (non-hydrogen) atoms. The molecule has 0 aromatic carbocycles. The van der Waals surface area contributed by atoms with Crippen LogP contribution in [0.2, 0.25) is 0 Å². The third-order valence-electron chi connectivity index (χ3n) is 2.27. The molecule has 0 aromatic heterocycles. The lowest BCUT2D eigenvalue weighted by atomic mass is 10.0. The molecule has 0 aromatic rings. The molecule has 0 radical (unpaired) electrons. The van der Waals surface area contributed by atoms with E-state index in [1.807, 2.05) is 13.8 Å². The maximum absolute atomic E-state index is 10.9. The molecular formula is C10H20N2O. The average Bonchev–Trinajstić information content (AvgIpc) is 2.11. The van der Waals surface area contributed by atoms with Gasteiger partial charge in [-0.05, 0) is 12.8 Å². The summed E-state index contributed by atoms with van der Waals surface area (Å²) in [5.41, 5.74) is 5.32. The topological polar surface area (TPSA) is 66.9 Å². The zero-order valence-corrected chi connectivity index (χ0v) is 8.60. The highest BCUT2D eigenvalue weighted by Gasteiger charge is 2.05. The monoisotopic (exact) mass is 184 g/mol. The van der Waals surface area contributed by atoms with Gasteiger partial charge in [0.1, 0.15) is 5.78 Å². The van der Waals surface area contributed by atoms with Gasteiger partial charge in [0.2, 0.25) is 0 Å². The molecule has 3 heteroatoms. The molecule has 76 valence electrons. The summed E-state index contributed by atoms with van der Waals surface area (Å²) >= 11 is 0. The first-order valence-electron chi connectivity index (χ1n) is 4.93. The summed E-state index contributed by atoms with van der Waals surface area (Å²) < 4.78 is 0. The van der Waals surface area contributed by atoms with E-state index < -0.39 is 0 Å². The molecule has 1 unspecified atom stereocenters. The zero-order chi connectivity index (χ0) is 10.3. The number of rotatable bonds is 7. The van der Waals surface area contributed by atoms with Gasteiger partial charge in [-0.2, -0.15) is 0 Å². The number of amidine groups is 1. The van der Waals surface area contributed by atoms with Gasteiger partial charge in [-0.25, -0.2) is 0 Å². The number of Topliss-reactive ketones (excluding diaryl/α,β-unsaturated/α-hetero) is 1. The maximum atomic E-state index is 10.9. The van der Waals surface area contributed by atoms with Crippen molar-refractivity contribution in [3.63, 3.8) is 0 Å². The number of unbranched alkanes of at least 4 members (excludes halogenated alkanes) is 1. The van der Waals surface area contributed by atoms with Gasteiger partial charge in [-0.15, -0.1) is 0 Å². The van der Waals surface area contributed by atoms with Crippen LogP contribution in [0, 0.1) is 11.3 Å². The lowest BCUT2D eigenvalue weighted by Gasteiger charge is -2.07. The summed E-state index contributed by atoms with van der Waals surface area (Å²) in [4.78, 5) is 10.9. The lowest BCUT2D eigenvalue weighted by Crippen LogP contribution is -2.19. The Kier molecular flexibility index (Phi) is 6.20. The highest BCUT2D eigenvalue weighted by molar-refractivity contribution is 5.79. The summed E-state index contributed by atoms with van der Waals surface area (Å²) in [6, 6.07) is 0. The standard InChI is InChI=1S/C10H20N2O/c1-3-9(13)7-5-4-6-8(2)10(11)12/h8H,3-7H2,1-2H3,(H3,11,12). The van der Waals surface area contributed by atoms with E-state index in [1.54, 1.807) is 0 Å². The molecule has 1 atom stereocenters. The molecule has 0 bridgehead atoms. The molecule has 3 nitrogen and oxygen atoms in total. The average molecular weight is 184 g/mol. The van der Waals surface area contributed by atoms with E-state index in [-0.39, 0.29) is 11.8 Å². The minimum atomic E-state index is 0.164. The van der Waals surface area contributed by atoms with E-state index in [1.165, 1.54) is 0 Å². The maximum Gasteiger partial charge on any atom is 0.132 e. The number of hydrogen-bond acceptors (Lipinski definition) is 2. The van der Waals surface area contributed by atoms with Crippen LogP contribution >= 0.6 is 0 Å². The zero-order valence-electron chi connectivity index (χ0n) is 8.60. The van der Waals surface area contributed by atoms with Crippen LogP contribution < -0.4 is 5.73 Å². The van der Waals surface area contributed by atoms with E-state index in [0.717, 1.165) is 19.3 Å². The third-order valence-corrected chi connectivity index (χ3v) is 2.27. The predicted octanol–water partition coefficient (Wildman–Crippen LogP) is 2.10. The van der Waals surface area contributed by atoms with Crippen molar-refractivity contribution in [1.82, 2.24) is 0 Å². The van der Waals surface area contributed by atoms with Crippen LogP contribution in [0.1, 0.15) is 46.0 Å². The van der Waals surface area contributed by atoms with E-state index in [4.69, 9.17) is 11.1 Å². The Morgan fingerprint density at radius 2 is 2.08 bits per heavy atom. The van der Waals surface area contributed by atoms with Crippen molar-refractivity contribution in [2.45, 2.75) is 46.0 Å². The van der Waals surface area contributed by atoms with Crippen molar-refractivity contribution in [3.05, 3.63) is 0 Å². The van der Waals surface area contributed by atoms with Gasteiger partial charge in [0.15, 0.2) is 0 Å². The van der Waals surface area contributed by atoms with Crippen LogP contribution in [0.15, 0.2) is 0 Å². The van der Waals surface area contributed by atoms with E-state index >= 15 is 0 Å². The first-order chi connectivity index (χ1) is 6.07. The fourth-order valence-corrected chi connectivity index (χ4v) is 1.10. The summed E-state index contributed by atoms with van der Waals surface area (Å²) in [6.07, 6.45) is 4.17. The molecule has 0 heterocycles. The Morgan fingerprint density at radius 3 is 2.54 bits per heavy atom. The highest BCUT2D eigenvalue weighted by Crippen LogP contribution is 2.09. The van der Waals surface area contributed by atoms with Gasteiger partial charge in [0, 0.05) is 18.8 Å². The molecule has 0 saturated heterocycles. The van der Waals surface area contributed by atoms with Gasteiger partial charge < -0.3 is 5.73 Å². The quantitative estimate of drug-likeness (QED) is 0.361. The van der Waals surface area contributed by atoms with Crippen LogP contribution in [0.3, 0.4) is 0 Å². The number of hydrogen-bond donors (Lipinski definition) is 2. The molecule has 3 N–H and O–H groups in total. The SMILES string of the molecule is CCC(=O)CCCCC(C)C(=N)N. The van der Waals surface area contributed by atoms with Crippen molar-refractivity contribution in [2.75, 3.05) is 0 Å². The van der Waals surface area contributed by atoms with E-state index in [9.17, 15) is 4.79 Å². The number of ketones is 1. The molecule has 0 fully saturated rings. The molecule has 0 spiro atoms. The third kappa shape index (κ3) is 6.31. The van der Waals surface area contributed by atoms with Crippen molar-refractivity contribution in [1.29, 1.82) is 5.41 Å². The summed E-state index contributed by atoms with van der Waals surface area (Å²) in [5.74, 6) is 0.744. The number of carbonyl (C=O) groups excluding carboxylic acids is 1. The van der Waals surface area contributed by atoms with Crippen molar-refractivity contribution >= 4 is 11.6 Å². The smallest absolute Gasteiger partial charge is 0.132 e. The Labute approximate surface area is 80.2 Å². The first kappa shape index (κ1) is 12.1. The highest BCUT2D eigenvalue weighted by atomic mass is 16.1. The second kappa shape index (κ2) is 6.63. The van der Waals surface area contributed by atoms with Crippen molar-refractivity contribution in [3.8, 4) is 0 Å². The molecule has 0 amide bonds. The predicted molar refractivity (Wildman–Crippen MR) is 54.8 cm³/mol. The van der Waals surface area contributed by atoms with Crippen molar-refractivity contribution in [2.24, 2.45) is 11.7 Å². The Morgan fingerprint density at radius 1 is 1.46 bits per heavy atom. The molecule has 0 rings (SSSR count). The summed E-state index contributed by atoms with van der Waals surface area (Å²) in [7, 11) is 0.